The standard InChI is InChI=1S/C7H15NO5.ClH/c1-8-4-6(11)5(10)3(2-9)13-7(4)12;/h3-12H,2H2,1H3;1H/t3-,4-,5-,6-,7?;/m1./s1/i1D;. The summed E-state index contributed by atoms with van der Waals surface area (Å²) in [5, 5.41) is 39.4. The van der Waals surface area contributed by atoms with Crippen LogP contribution in [0.2, 0.25) is 0 Å². The second-order valence-electron chi connectivity index (χ2n) is 2.96. The van der Waals surface area contributed by atoms with E-state index in [1.54, 1.807) is 0 Å². The number of hydrogen-bond donors (Lipinski definition) is 5. The molecule has 0 saturated carbocycles. The molecule has 0 bridgehead atoms. The maximum absolute atomic E-state index is 9.49. The summed E-state index contributed by atoms with van der Waals surface area (Å²) in [6.45, 7) is -0.483. The molecule has 5 atom stereocenters. The van der Waals surface area contributed by atoms with E-state index in [9.17, 15) is 15.3 Å². The second kappa shape index (κ2) is 5.82. The second-order valence-corrected chi connectivity index (χ2v) is 2.96. The van der Waals surface area contributed by atoms with Crippen molar-refractivity contribution < 1.29 is 26.5 Å². The number of ether oxygens (including phenoxy) is 1. The van der Waals surface area contributed by atoms with Crippen LogP contribution in [0.3, 0.4) is 0 Å². The van der Waals surface area contributed by atoms with Gasteiger partial charge in [-0.2, -0.15) is 0 Å². The van der Waals surface area contributed by atoms with Crippen molar-refractivity contribution in [1.82, 2.24) is 5.32 Å². The Balaban J connectivity index is 0.00000196. The molecule has 0 aromatic heterocycles. The van der Waals surface area contributed by atoms with Crippen LogP contribution < -0.4 is 5.32 Å². The monoisotopic (exact) mass is 230 g/mol. The highest BCUT2D eigenvalue weighted by Crippen LogP contribution is 2.18. The van der Waals surface area contributed by atoms with Gasteiger partial charge in [0.05, 0.1) is 12.6 Å². The first-order chi connectivity index (χ1) is 6.61. The van der Waals surface area contributed by atoms with Gasteiger partial charge >= 0.3 is 0 Å². The van der Waals surface area contributed by atoms with Crippen molar-refractivity contribution in [3.63, 3.8) is 0 Å². The predicted octanol–water partition coefficient (Wildman–Crippen LogP) is -2.57. The molecule has 0 radical (unpaired) electrons. The third kappa shape index (κ3) is 2.54. The molecule has 7 heteroatoms. The Morgan fingerprint density at radius 2 is 2.00 bits per heavy atom. The van der Waals surface area contributed by atoms with Gasteiger partial charge in [-0.25, -0.2) is 0 Å². The summed E-state index contributed by atoms with van der Waals surface area (Å²) in [6, 6.07) is -0.912. The fourth-order valence-corrected chi connectivity index (χ4v) is 1.32. The van der Waals surface area contributed by atoms with E-state index < -0.39 is 37.3 Å². The quantitative estimate of drug-likeness (QED) is 0.357. The smallest absolute Gasteiger partial charge is 0.173 e. The Bertz CT molecular complexity index is 189. The van der Waals surface area contributed by atoms with Crippen LogP contribution >= 0.6 is 12.4 Å². The molecule has 0 aromatic rings. The maximum atomic E-state index is 9.49. The number of halogens is 1. The molecular formula is C7H16ClNO5. The van der Waals surface area contributed by atoms with Crippen LogP contribution in [0.15, 0.2) is 0 Å². The highest BCUT2D eigenvalue weighted by Gasteiger charge is 2.42. The zero-order valence-corrected chi connectivity index (χ0v) is 8.22. The highest BCUT2D eigenvalue weighted by atomic mass is 35.5. The number of nitrogens with one attached hydrogen (secondary N) is 1. The van der Waals surface area contributed by atoms with Crippen molar-refractivity contribution in [2.75, 3.05) is 13.6 Å². The fourth-order valence-electron chi connectivity index (χ4n) is 1.32. The molecule has 1 fully saturated rings. The van der Waals surface area contributed by atoms with E-state index in [1.165, 1.54) is 0 Å². The minimum atomic E-state index is -1.34. The summed E-state index contributed by atoms with van der Waals surface area (Å²) >= 11 is 0. The SMILES string of the molecule is Cl.[2H]CN[C@H]1C(O)O[C@H](CO)[C@@H](O)[C@@H]1O. The van der Waals surface area contributed by atoms with Crippen molar-refractivity contribution in [2.24, 2.45) is 0 Å². The number of rotatable bonds is 2. The molecule has 1 aliphatic heterocycles. The first-order valence-corrected chi connectivity index (χ1v) is 3.95. The van der Waals surface area contributed by atoms with Crippen LogP contribution in [-0.2, 0) is 4.74 Å². The molecule has 1 aliphatic rings. The largest absolute Gasteiger partial charge is 0.394 e. The molecule has 14 heavy (non-hydrogen) atoms. The molecule has 1 saturated heterocycles. The summed E-state index contributed by atoms with van der Waals surface area (Å²) < 4.78 is 11.7. The average Bonchev–Trinajstić information content (AvgIpc) is 2.18. The van der Waals surface area contributed by atoms with Crippen molar-refractivity contribution in [3.05, 3.63) is 0 Å². The minimum Gasteiger partial charge on any atom is -0.394 e. The van der Waals surface area contributed by atoms with E-state index in [4.69, 9.17) is 11.2 Å². The van der Waals surface area contributed by atoms with Gasteiger partial charge in [0.2, 0.25) is 0 Å². The van der Waals surface area contributed by atoms with Gasteiger partial charge < -0.3 is 30.5 Å². The third-order valence-electron chi connectivity index (χ3n) is 2.14. The van der Waals surface area contributed by atoms with Gasteiger partial charge in [-0.05, 0) is 7.02 Å². The van der Waals surface area contributed by atoms with Gasteiger partial charge in [-0.3, -0.25) is 0 Å². The van der Waals surface area contributed by atoms with Crippen LogP contribution in [0, 0.1) is 0 Å². The van der Waals surface area contributed by atoms with Crippen LogP contribution in [-0.4, -0.2) is 64.7 Å². The molecular weight excluding hydrogens is 214 g/mol. The predicted molar refractivity (Wildman–Crippen MR) is 50.1 cm³/mol. The van der Waals surface area contributed by atoms with Gasteiger partial charge in [-0.1, -0.05) is 0 Å². The van der Waals surface area contributed by atoms with Crippen LogP contribution in [0.25, 0.3) is 0 Å². The van der Waals surface area contributed by atoms with Gasteiger partial charge in [0.25, 0.3) is 0 Å². The van der Waals surface area contributed by atoms with E-state index in [0.717, 1.165) is 0 Å². The molecule has 1 unspecified atom stereocenters. The molecule has 5 N–H and O–H groups in total. The van der Waals surface area contributed by atoms with Gasteiger partial charge in [-0.15, -0.1) is 12.4 Å². The molecule has 0 spiro atoms. The first-order valence-electron chi connectivity index (χ1n) is 4.65. The Kier molecular flexibility index (Phi) is 5.04. The van der Waals surface area contributed by atoms with Crippen molar-refractivity contribution >= 4 is 12.4 Å². The van der Waals surface area contributed by atoms with Crippen molar-refractivity contribution in [2.45, 2.75) is 30.6 Å². The van der Waals surface area contributed by atoms with E-state index in [2.05, 4.69) is 5.32 Å². The summed E-state index contributed by atoms with van der Waals surface area (Å²) in [7, 11) is -0.210. The summed E-state index contributed by atoms with van der Waals surface area (Å²) in [5.74, 6) is 0. The zero-order valence-electron chi connectivity index (χ0n) is 8.41. The maximum Gasteiger partial charge on any atom is 0.173 e. The molecule has 6 nitrogen and oxygen atoms in total. The lowest BCUT2D eigenvalue weighted by Gasteiger charge is -2.39. The van der Waals surface area contributed by atoms with Gasteiger partial charge in [0.1, 0.15) is 18.3 Å². The number of aliphatic hydroxyl groups is 4. The Morgan fingerprint density at radius 1 is 1.36 bits per heavy atom. The van der Waals surface area contributed by atoms with Crippen LogP contribution in [0.4, 0.5) is 0 Å². The van der Waals surface area contributed by atoms with Crippen LogP contribution in [0.5, 0.6) is 0 Å². The average molecular weight is 231 g/mol. The van der Waals surface area contributed by atoms with Gasteiger partial charge in [0.15, 0.2) is 6.29 Å². The number of likely N-dealkylation sites (N-methyl/N-ethyl adjacent to an activating group) is 1. The molecule has 1 heterocycles. The molecule has 0 amide bonds. The zero-order chi connectivity index (χ0) is 10.7. The summed E-state index contributed by atoms with van der Waals surface area (Å²) in [4.78, 5) is 0. The van der Waals surface area contributed by atoms with Crippen molar-refractivity contribution in [1.29, 1.82) is 0 Å². The minimum absolute atomic E-state index is 0. The van der Waals surface area contributed by atoms with Gasteiger partial charge in [0, 0.05) is 1.37 Å². The normalized spacial score (nSPS) is 44.0. The third-order valence-corrected chi connectivity index (χ3v) is 2.14. The Hall–Kier alpha value is 0.0500. The van der Waals surface area contributed by atoms with E-state index in [-0.39, 0.29) is 19.4 Å². The fraction of sp³-hybridized carbons (Fsp3) is 1.00. The van der Waals surface area contributed by atoms with Crippen molar-refractivity contribution in [3.8, 4) is 0 Å². The molecule has 1 rings (SSSR count). The first kappa shape index (κ1) is 12.1. The lowest BCUT2D eigenvalue weighted by Crippen LogP contribution is -2.62. The highest BCUT2D eigenvalue weighted by molar-refractivity contribution is 5.85. The number of hydrogen-bond acceptors (Lipinski definition) is 6. The topological polar surface area (TPSA) is 102 Å². The summed E-state index contributed by atoms with van der Waals surface area (Å²) in [6.07, 6.45) is -4.87. The molecule has 0 aliphatic carbocycles. The molecule has 0 aromatic carbocycles. The van der Waals surface area contributed by atoms with E-state index in [0.29, 0.717) is 0 Å². The molecule has 86 valence electrons. The van der Waals surface area contributed by atoms with E-state index in [1.807, 2.05) is 0 Å². The summed E-state index contributed by atoms with van der Waals surface area (Å²) in [5.41, 5.74) is 0. The number of aliphatic hydroxyl groups excluding tert-OH is 4. The lowest BCUT2D eigenvalue weighted by molar-refractivity contribution is -0.253. The lowest BCUT2D eigenvalue weighted by atomic mass is 9.97. The van der Waals surface area contributed by atoms with Crippen LogP contribution in [0.1, 0.15) is 1.37 Å². The Labute approximate surface area is 89.3 Å². The van der Waals surface area contributed by atoms with E-state index >= 15 is 0 Å². The Morgan fingerprint density at radius 3 is 2.50 bits per heavy atom.